The van der Waals surface area contributed by atoms with E-state index in [1.807, 2.05) is 19.1 Å². The van der Waals surface area contributed by atoms with Crippen LogP contribution in [-0.2, 0) is 6.42 Å². The Balaban J connectivity index is 2.23. The highest BCUT2D eigenvalue weighted by molar-refractivity contribution is 7.09. The van der Waals surface area contributed by atoms with Crippen LogP contribution in [0.15, 0.2) is 23.6 Å². The van der Waals surface area contributed by atoms with Crippen molar-refractivity contribution in [1.82, 2.24) is 10.3 Å². The van der Waals surface area contributed by atoms with Gasteiger partial charge in [0, 0.05) is 33.6 Å². The Morgan fingerprint density at radius 2 is 2.16 bits per heavy atom. The van der Waals surface area contributed by atoms with Gasteiger partial charge in [-0.05, 0) is 31.2 Å². The lowest BCUT2D eigenvalue weighted by molar-refractivity contribution is 0.548. The van der Waals surface area contributed by atoms with Crippen molar-refractivity contribution in [2.75, 3.05) is 6.54 Å². The molecule has 5 heteroatoms. The van der Waals surface area contributed by atoms with Crippen LogP contribution in [0.2, 0.25) is 10.0 Å². The number of aromatic nitrogens is 1. The Labute approximate surface area is 127 Å². The molecule has 1 heterocycles. The smallest absolute Gasteiger partial charge is 0.0947 e. The van der Waals surface area contributed by atoms with E-state index in [1.54, 1.807) is 17.4 Å². The number of likely N-dealkylation sites (N-methyl/N-ethyl adjacent to an activating group) is 1. The molecule has 2 rings (SSSR count). The molecule has 2 aromatic rings. The predicted molar refractivity (Wildman–Crippen MR) is 83.4 cm³/mol. The number of rotatable bonds is 5. The van der Waals surface area contributed by atoms with Gasteiger partial charge in [0.05, 0.1) is 5.01 Å². The van der Waals surface area contributed by atoms with Gasteiger partial charge in [-0.1, -0.05) is 36.2 Å². The van der Waals surface area contributed by atoms with Gasteiger partial charge in [0.25, 0.3) is 0 Å². The van der Waals surface area contributed by atoms with Gasteiger partial charge in [0.15, 0.2) is 0 Å². The first-order chi connectivity index (χ1) is 9.10. The van der Waals surface area contributed by atoms with E-state index in [2.05, 4.69) is 22.6 Å². The molecular weight excluding hydrogens is 299 g/mol. The van der Waals surface area contributed by atoms with Crippen molar-refractivity contribution in [3.05, 3.63) is 49.9 Å². The summed E-state index contributed by atoms with van der Waals surface area (Å²) in [6.45, 7) is 4.98. The van der Waals surface area contributed by atoms with Crippen LogP contribution in [0.3, 0.4) is 0 Å². The normalized spacial score (nSPS) is 12.6. The molecule has 0 amide bonds. The van der Waals surface area contributed by atoms with Crippen molar-refractivity contribution in [3.8, 4) is 0 Å². The molecule has 1 N–H and O–H groups in total. The number of halogens is 2. The number of hydrogen-bond donors (Lipinski definition) is 1. The SMILES string of the molecule is CCNC(Cc1nc(C)cs1)c1ccc(Cl)cc1Cl. The van der Waals surface area contributed by atoms with Gasteiger partial charge in [-0.3, -0.25) is 0 Å². The number of aryl methyl sites for hydroxylation is 1. The van der Waals surface area contributed by atoms with Crippen LogP contribution in [0.5, 0.6) is 0 Å². The molecule has 102 valence electrons. The molecular formula is C14H16Cl2N2S. The maximum absolute atomic E-state index is 6.29. The maximum atomic E-state index is 6.29. The molecule has 0 saturated heterocycles. The lowest BCUT2D eigenvalue weighted by Crippen LogP contribution is -2.23. The minimum atomic E-state index is 0.167. The van der Waals surface area contributed by atoms with E-state index in [4.69, 9.17) is 23.2 Å². The Morgan fingerprint density at radius 3 is 2.74 bits per heavy atom. The second-order valence-electron chi connectivity index (χ2n) is 4.36. The highest BCUT2D eigenvalue weighted by Gasteiger charge is 2.16. The third-order valence-corrected chi connectivity index (χ3v) is 4.39. The summed E-state index contributed by atoms with van der Waals surface area (Å²) in [7, 11) is 0. The fourth-order valence-corrected chi connectivity index (χ4v) is 3.35. The molecule has 0 bridgehead atoms. The second-order valence-corrected chi connectivity index (χ2v) is 6.15. The van der Waals surface area contributed by atoms with E-state index < -0.39 is 0 Å². The first-order valence-corrected chi connectivity index (χ1v) is 7.83. The number of nitrogens with one attached hydrogen (secondary N) is 1. The monoisotopic (exact) mass is 314 g/mol. The summed E-state index contributed by atoms with van der Waals surface area (Å²) in [6, 6.07) is 5.81. The maximum Gasteiger partial charge on any atom is 0.0947 e. The summed E-state index contributed by atoms with van der Waals surface area (Å²) in [5.74, 6) is 0. The largest absolute Gasteiger partial charge is 0.310 e. The molecule has 0 aliphatic carbocycles. The Bertz CT molecular complexity index is 554. The highest BCUT2D eigenvalue weighted by atomic mass is 35.5. The molecule has 0 spiro atoms. The zero-order valence-corrected chi connectivity index (χ0v) is 13.2. The number of benzene rings is 1. The molecule has 19 heavy (non-hydrogen) atoms. The molecule has 0 fully saturated rings. The summed E-state index contributed by atoms with van der Waals surface area (Å²) in [4.78, 5) is 4.51. The third-order valence-electron chi connectivity index (χ3n) is 2.83. The van der Waals surface area contributed by atoms with E-state index in [1.165, 1.54) is 0 Å². The summed E-state index contributed by atoms with van der Waals surface area (Å²) in [5, 5.41) is 8.01. The summed E-state index contributed by atoms with van der Waals surface area (Å²) in [5.41, 5.74) is 2.14. The van der Waals surface area contributed by atoms with E-state index in [-0.39, 0.29) is 6.04 Å². The Hall–Kier alpha value is -0.610. The first-order valence-electron chi connectivity index (χ1n) is 6.19. The fourth-order valence-electron chi connectivity index (χ4n) is 1.99. The van der Waals surface area contributed by atoms with Crippen molar-refractivity contribution in [2.45, 2.75) is 26.3 Å². The minimum absolute atomic E-state index is 0.167. The van der Waals surface area contributed by atoms with Crippen LogP contribution in [0.4, 0.5) is 0 Å². The average Bonchev–Trinajstić information content (AvgIpc) is 2.74. The lowest BCUT2D eigenvalue weighted by Gasteiger charge is -2.18. The van der Waals surface area contributed by atoms with Crippen LogP contribution in [-0.4, -0.2) is 11.5 Å². The highest BCUT2D eigenvalue weighted by Crippen LogP contribution is 2.29. The van der Waals surface area contributed by atoms with E-state index in [0.717, 1.165) is 29.2 Å². The van der Waals surface area contributed by atoms with Crippen molar-refractivity contribution < 1.29 is 0 Å². The quantitative estimate of drug-likeness (QED) is 0.868. The van der Waals surface area contributed by atoms with Gasteiger partial charge >= 0.3 is 0 Å². The summed E-state index contributed by atoms with van der Waals surface area (Å²) >= 11 is 13.9. The second kappa shape index (κ2) is 6.71. The standard InChI is InChI=1S/C14H16Cl2N2S/c1-3-17-13(7-14-18-9(2)8-19-14)11-5-4-10(15)6-12(11)16/h4-6,8,13,17H,3,7H2,1-2H3. The zero-order valence-electron chi connectivity index (χ0n) is 10.9. The molecule has 1 atom stereocenters. The molecule has 1 aromatic heterocycles. The van der Waals surface area contributed by atoms with Crippen LogP contribution >= 0.6 is 34.5 Å². The minimum Gasteiger partial charge on any atom is -0.310 e. The van der Waals surface area contributed by atoms with E-state index in [0.29, 0.717) is 10.0 Å². The predicted octanol–water partition coefficient (Wildman–Crippen LogP) is 4.65. The van der Waals surface area contributed by atoms with Crippen molar-refractivity contribution in [2.24, 2.45) is 0 Å². The molecule has 0 radical (unpaired) electrons. The fraction of sp³-hybridized carbons (Fsp3) is 0.357. The van der Waals surface area contributed by atoms with Gasteiger partial charge in [-0.25, -0.2) is 4.98 Å². The molecule has 2 nitrogen and oxygen atoms in total. The topological polar surface area (TPSA) is 24.9 Å². The number of thiazole rings is 1. The van der Waals surface area contributed by atoms with Crippen LogP contribution in [0.1, 0.15) is 29.2 Å². The molecule has 1 unspecified atom stereocenters. The van der Waals surface area contributed by atoms with Crippen molar-refractivity contribution >= 4 is 34.5 Å². The van der Waals surface area contributed by atoms with Crippen molar-refractivity contribution in [1.29, 1.82) is 0 Å². The first kappa shape index (κ1) is 14.8. The van der Waals surface area contributed by atoms with Gasteiger partial charge < -0.3 is 5.32 Å². The van der Waals surface area contributed by atoms with E-state index >= 15 is 0 Å². The van der Waals surface area contributed by atoms with Crippen LogP contribution < -0.4 is 5.32 Å². The van der Waals surface area contributed by atoms with Gasteiger partial charge in [-0.15, -0.1) is 11.3 Å². The lowest BCUT2D eigenvalue weighted by atomic mass is 10.0. The zero-order chi connectivity index (χ0) is 13.8. The van der Waals surface area contributed by atoms with Gasteiger partial charge in [-0.2, -0.15) is 0 Å². The molecule has 1 aromatic carbocycles. The Kier molecular flexibility index (Phi) is 5.22. The summed E-state index contributed by atoms with van der Waals surface area (Å²) < 4.78 is 0. The molecule has 0 saturated carbocycles. The summed E-state index contributed by atoms with van der Waals surface area (Å²) in [6.07, 6.45) is 0.841. The third kappa shape index (κ3) is 3.93. The van der Waals surface area contributed by atoms with Crippen LogP contribution in [0, 0.1) is 6.92 Å². The van der Waals surface area contributed by atoms with Gasteiger partial charge in [0.1, 0.15) is 0 Å². The number of hydrogen-bond acceptors (Lipinski definition) is 3. The molecule has 0 aliphatic heterocycles. The van der Waals surface area contributed by atoms with Gasteiger partial charge in [0.2, 0.25) is 0 Å². The van der Waals surface area contributed by atoms with Crippen molar-refractivity contribution in [3.63, 3.8) is 0 Å². The average molecular weight is 315 g/mol. The van der Waals surface area contributed by atoms with E-state index in [9.17, 15) is 0 Å². The van der Waals surface area contributed by atoms with Crippen LogP contribution in [0.25, 0.3) is 0 Å². The Morgan fingerprint density at radius 1 is 1.37 bits per heavy atom. The molecule has 0 aliphatic rings. The number of nitrogens with zero attached hydrogens (tertiary/aromatic N) is 1.